The normalized spacial score (nSPS) is 29.6. The average Bonchev–Trinajstić information content (AvgIpc) is 2.68. The summed E-state index contributed by atoms with van der Waals surface area (Å²) in [7, 11) is 0. The molecule has 0 aromatic heterocycles. The van der Waals surface area contributed by atoms with Crippen molar-refractivity contribution in [3.05, 3.63) is 35.6 Å². The first-order chi connectivity index (χ1) is 12.7. The number of benzene rings is 1. The van der Waals surface area contributed by atoms with Crippen LogP contribution in [-0.2, 0) is 6.42 Å². The Morgan fingerprint density at radius 3 is 1.81 bits per heavy atom. The van der Waals surface area contributed by atoms with Crippen molar-refractivity contribution in [1.82, 2.24) is 0 Å². The minimum absolute atomic E-state index is 0.121. The number of aryl methyl sites for hydroxylation is 1. The minimum Gasteiger partial charge on any atom is -0.207 e. The van der Waals surface area contributed by atoms with Gasteiger partial charge in [0, 0.05) is 0 Å². The third-order valence-electron chi connectivity index (χ3n) is 7.39. The van der Waals surface area contributed by atoms with Crippen LogP contribution in [-0.4, -0.2) is 0 Å². The molecule has 146 valence electrons. The first-order valence-electron chi connectivity index (χ1n) is 11.5. The van der Waals surface area contributed by atoms with Crippen LogP contribution in [0.3, 0.4) is 0 Å². The maximum atomic E-state index is 12.9. The maximum absolute atomic E-state index is 12.9. The van der Waals surface area contributed by atoms with Crippen molar-refractivity contribution in [2.75, 3.05) is 0 Å². The average molecular weight is 359 g/mol. The van der Waals surface area contributed by atoms with Crippen molar-refractivity contribution in [3.63, 3.8) is 0 Å². The Morgan fingerprint density at radius 1 is 0.731 bits per heavy atom. The standard InChI is InChI=1S/C25H39F/c1-2-5-20-8-14-23(15-9-20)24-16-10-21(11-17-24)6-3-4-7-22-12-18-25(26)19-13-22/h12-13,18-21,23-24H,2-11,14-17H2,1H3/t20-,21-,23-,24-. The van der Waals surface area contributed by atoms with E-state index in [1.807, 2.05) is 12.1 Å². The van der Waals surface area contributed by atoms with Gasteiger partial charge in [-0.25, -0.2) is 4.39 Å². The molecule has 2 saturated carbocycles. The molecule has 1 heteroatoms. The highest BCUT2D eigenvalue weighted by Gasteiger charge is 2.30. The molecule has 3 rings (SSSR count). The molecule has 0 bridgehead atoms. The van der Waals surface area contributed by atoms with Crippen LogP contribution in [0, 0.1) is 29.5 Å². The molecule has 1 aromatic rings. The molecule has 2 aliphatic carbocycles. The van der Waals surface area contributed by atoms with E-state index in [1.165, 1.54) is 89.0 Å². The van der Waals surface area contributed by atoms with E-state index >= 15 is 0 Å². The summed E-state index contributed by atoms with van der Waals surface area (Å²) >= 11 is 0. The second kappa shape index (κ2) is 10.5. The summed E-state index contributed by atoms with van der Waals surface area (Å²) in [5.74, 6) is 4.02. The van der Waals surface area contributed by atoms with Gasteiger partial charge in [-0.3, -0.25) is 0 Å². The van der Waals surface area contributed by atoms with Crippen LogP contribution in [0.15, 0.2) is 24.3 Å². The lowest BCUT2D eigenvalue weighted by Crippen LogP contribution is -2.25. The van der Waals surface area contributed by atoms with Crippen molar-refractivity contribution in [2.24, 2.45) is 23.7 Å². The third-order valence-corrected chi connectivity index (χ3v) is 7.39. The van der Waals surface area contributed by atoms with Crippen LogP contribution in [0.4, 0.5) is 4.39 Å². The number of unbranched alkanes of at least 4 members (excludes halogenated alkanes) is 1. The van der Waals surface area contributed by atoms with Crippen molar-refractivity contribution >= 4 is 0 Å². The van der Waals surface area contributed by atoms with Gasteiger partial charge in [-0.15, -0.1) is 0 Å². The summed E-state index contributed by atoms with van der Waals surface area (Å²) < 4.78 is 12.9. The molecule has 0 unspecified atom stereocenters. The topological polar surface area (TPSA) is 0 Å². The summed E-state index contributed by atoms with van der Waals surface area (Å²) in [6.45, 7) is 2.34. The van der Waals surface area contributed by atoms with Gasteiger partial charge >= 0.3 is 0 Å². The van der Waals surface area contributed by atoms with Crippen molar-refractivity contribution in [1.29, 1.82) is 0 Å². The molecule has 0 atom stereocenters. The van der Waals surface area contributed by atoms with E-state index in [4.69, 9.17) is 0 Å². The maximum Gasteiger partial charge on any atom is 0.123 e. The molecule has 26 heavy (non-hydrogen) atoms. The Bertz CT molecular complexity index is 489. The van der Waals surface area contributed by atoms with E-state index in [9.17, 15) is 4.39 Å². The molecule has 0 N–H and O–H groups in total. The molecule has 0 aliphatic heterocycles. The van der Waals surface area contributed by atoms with Gasteiger partial charge in [-0.05, 0) is 79.9 Å². The van der Waals surface area contributed by atoms with Crippen LogP contribution >= 0.6 is 0 Å². The molecule has 0 saturated heterocycles. The van der Waals surface area contributed by atoms with Crippen molar-refractivity contribution < 1.29 is 4.39 Å². The second-order valence-corrected chi connectivity index (χ2v) is 9.22. The lowest BCUT2D eigenvalue weighted by atomic mass is 9.68. The molecule has 0 spiro atoms. The van der Waals surface area contributed by atoms with Crippen molar-refractivity contribution in [3.8, 4) is 0 Å². The number of rotatable bonds is 8. The largest absolute Gasteiger partial charge is 0.207 e. The smallest absolute Gasteiger partial charge is 0.123 e. The van der Waals surface area contributed by atoms with Crippen LogP contribution in [0.2, 0.25) is 0 Å². The molecular formula is C25H39F. The van der Waals surface area contributed by atoms with Gasteiger partial charge in [0.2, 0.25) is 0 Å². The monoisotopic (exact) mass is 358 g/mol. The van der Waals surface area contributed by atoms with Gasteiger partial charge in [0.05, 0.1) is 0 Å². The van der Waals surface area contributed by atoms with Crippen LogP contribution in [0.5, 0.6) is 0 Å². The molecule has 2 fully saturated rings. The lowest BCUT2D eigenvalue weighted by molar-refractivity contribution is 0.140. The van der Waals surface area contributed by atoms with Gasteiger partial charge < -0.3 is 0 Å². The molecule has 0 radical (unpaired) electrons. The predicted octanol–water partition coefficient (Wildman–Crippen LogP) is 7.95. The molecular weight excluding hydrogens is 319 g/mol. The summed E-state index contributed by atoms with van der Waals surface area (Å²) in [4.78, 5) is 0. The summed E-state index contributed by atoms with van der Waals surface area (Å²) in [6.07, 6.45) is 20.0. The van der Waals surface area contributed by atoms with E-state index in [2.05, 4.69) is 6.92 Å². The fourth-order valence-corrected chi connectivity index (χ4v) is 5.72. The quantitative estimate of drug-likeness (QED) is 0.413. The minimum atomic E-state index is -0.121. The van der Waals surface area contributed by atoms with E-state index in [1.54, 1.807) is 12.1 Å². The molecule has 1 aromatic carbocycles. The SMILES string of the molecule is CCC[C@H]1CC[C@H]([C@H]2CC[C@H](CCCCc3ccc(F)cc3)CC2)CC1. The first kappa shape index (κ1) is 19.9. The van der Waals surface area contributed by atoms with E-state index in [0.29, 0.717) is 0 Å². The fraction of sp³-hybridized carbons (Fsp3) is 0.760. The molecule has 0 heterocycles. The highest BCUT2D eigenvalue weighted by atomic mass is 19.1. The zero-order valence-electron chi connectivity index (χ0n) is 16.9. The lowest BCUT2D eigenvalue weighted by Gasteiger charge is -2.38. The number of halogens is 1. The predicted molar refractivity (Wildman–Crippen MR) is 110 cm³/mol. The molecule has 2 aliphatic rings. The molecule has 0 amide bonds. The van der Waals surface area contributed by atoms with Gasteiger partial charge in [0.1, 0.15) is 5.82 Å². The first-order valence-corrected chi connectivity index (χ1v) is 11.5. The Balaban J connectivity index is 1.27. The highest BCUT2D eigenvalue weighted by Crippen LogP contribution is 2.43. The molecule has 0 nitrogen and oxygen atoms in total. The van der Waals surface area contributed by atoms with E-state index < -0.39 is 0 Å². The van der Waals surface area contributed by atoms with Crippen LogP contribution < -0.4 is 0 Å². The van der Waals surface area contributed by atoms with Gasteiger partial charge in [0.25, 0.3) is 0 Å². The van der Waals surface area contributed by atoms with Gasteiger partial charge in [0.15, 0.2) is 0 Å². The van der Waals surface area contributed by atoms with Crippen molar-refractivity contribution in [2.45, 2.75) is 96.8 Å². The Morgan fingerprint density at radius 2 is 1.27 bits per heavy atom. The Kier molecular flexibility index (Phi) is 8.02. The van der Waals surface area contributed by atoms with Crippen LogP contribution in [0.25, 0.3) is 0 Å². The fourth-order valence-electron chi connectivity index (χ4n) is 5.72. The number of hydrogen-bond acceptors (Lipinski definition) is 0. The van der Waals surface area contributed by atoms with Gasteiger partial charge in [-0.1, -0.05) is 70.4 Å². The van der Waals surface area contributed by atoms with E-state index in [0.717, 1.165) is 30.1 Å². The zero-order valence-corrected chi connectivity index (χ0v) is 16.9. The Hall–Kier alpha value is -0.850. The zero-order chi connectivity index (χ0) is 18.2. The summed E-state index contributed by atoms with van der Waals surface area (Å²) in [6, 6.07) is 7.06. The Labute approximate surface area is 161 Å². The van der Waals surface area contributed by atoms with E-state index in [-0.39, 0.29) is 5.82 Å². The summed E-state index contributed by atoms with van der Waals surface area (Å²) in [5.41, 5.74) is 1.29. The second-order valence-electron chi connectivity index (χ2n) is 9.22. The third kappa shape index (κ3) is 6.10. The van der Waals surface area contributed by atoms with Gasteiger partial charge in [-0.2, -0.15) is 0 Å². The summed E-state index contributed by atoms with van der Waals surface area (Å²) in [5, 5.41) is 0. The van der Waals surface area contributed by atoms with Crippen LogP contribution in [0.1, 0.15) is 96.0 Å². The highest BCUT2D eigenvalue weighted by molar-refractivity contribution is 5.15. The number of hydrogen-bond donors (Lipinski definition) is 0.